The average molecular weight is 411 g/mol. The molecule has 0 aliphatic carbocycles. The van der Waals surface area contributed by atoms with Crippen LogP contribution in [0.1, 0.15) is 58.9 Å². The lowest BCUT2D eigenvalue weighted by Gasteiger charge is -2.40. The zero-order valence-electron chi connectivity index (χ0n) is 18.5. The number of benzene rings is 1. The van der Waals surface area contributed by atoms with Gasteiger partial charge in [-0.2, -0.15) is 0 Å². The fourth-order valence-electron chi connectivity index (χ4n) is 3.89. The minimum absolute atomic E-state index is 0.0885. The lowest BCUT2D eigenvalue weighted by atomic mass is 9.83. The molecule has 0 saturated heterocycles. The van der Waals surface area contributed by atoms with Gasteiger partial charge in [0.25, 0.3) is 0 Å². The van der Waals surface area contributed by atoms with E-state index in [4.69, 9.17) is 15.2 Å². The first kappa shape index (κ1) is 23.9. The van der Waals surface area contributed by atoms with Gasteiger partial charge in [-0.3, -0.25) is 0 Å². The van der Waals surface area contributed by atoms with Crippen LogP contribution in [-0.4, -0.2) is 50.2 Å². The van der Waals surface area contributed by atoms with Crippen LogP contribution in [-0.2, 0) is 15.9 Å². The standard InChI is InChI=1S/C23H39FN2O3/c1-5-7-9-28-15-18(27)14-26-21-13-19(24)20(25)11-17(21)12-22(26)23(3,4)16-29-10-8-6-2/h11,13,18,22,27H,5-10,12,14-16,25H2,1-4H3. The summed E-state index contributed by atoms with van der Waals surface area (Å²) in [5.74, 6) is -0.417. The SMILES string of the molecule is CCCCOCC(O)CN1c2cc(F)c(N)cc2CC1C(C)(C)COCCCC. The smallest absolute Gasteiger partial charge is 0.148 e. The van der Waals surface area contributed by atoms with Gasteiger partial charge in [-0.15, -0.1) is 0 Å². The van der Waals surface area contributed by atoms with Crippen molar-refractivity contribution in [2.75, 3.05) is 43.6 Å². The molecule has 2 rings (SSSR count). The number of halogens is 1. The van der Waals surface area contributed by atoms with E-state index >= 15 is 0 Å². The topological polar surface area (TPSA) is 68.0 Å². The number of hydrogen-bond acceptors (Lipinski definition) is 5. The number of fused-ring (bicyclic) bond motifs is 1. The van der Waals surface area contributed by atoms with Gasteiger partial charge in [0.05, 0.1) is 25.0 Å². The molecule has 6 heteroatoms. The molecule has 1 aromatic rings. The van der Waals surface area contributed by atoms with E-state index in [2.05, 4.69) is 32.6 Å². The monoisotopic (exact) mass is 410 g/mol. The molecule has 0 amide bonds. The molecule has 3 N–H and O–H groups in total. The predicted octanol–water partition coefficient (Wildman–Crippen LogP) is 4.16. The van der Waals surface area contributed by atoms with Crippen LogP contribution in [0.3, 0.4) is 0 Å². The van der Waals surface area contributed by atoms with E-state index in [1.165, 1.54) is 6.07 Å². The Hall–Kier alpha value is -1.37. The van der Waals surface area contributed by atoms with Gasteiger partial charge in [-0.1, -0.05) is 40.5 Å². The zero-order valence-corrected chi connectivity index (χ0v) is 18.5. The molecule has 2 atom stereocenters. The maximum absolute atomic E-state index is 14.2. The van der Waals surface area contributed by atoms with Crippen LogP contribution in [0.4, 0.5) is 15.8 Å². The normalized spacial score (nSPS) is 17.6. The van der Waals surface area contributed by atoms with Crippen LogP contribution in [0.5, 0.6) is 0 Å². The highest BCUT2D eigenvalue weighted by Crippen LogP contribution is 2.41. The second-order valence-corrected chi connectivity index (χ2v) is 8.85. The van der Waals surface area contributed by atoms with E-state index < -0.39 is 11.9 Å². The van der Waals surface area contributed by atoms with E-state index in [9.17, 15) is 9.50 Å². The average Bonchev–Trinajstić information content (AvgIpc) is 3.01. The van der Waals surface area contributed by atoms with Crippen molar-refractivity contribution in [3.63, 3.8) is 0 Å². The van der Waals surface area contributed by atoms with E-state index in [1.54, 1.807) is 6.07 Å². The Morgan fingerprint density at radius 2 is 1.86 bits per heavy atom. The molecule has 0 aromatic heterocycles. The van der Waals surface area contributed by atoms with Crippen LogP contribution in [0.25, 0.3) is 0 Å². The summed E-state index contributed by atoms with van der Waals surface area (Å²) in [4.78, 5) is 2.12. The number of anilines is 2. The molecule has 1 aromatic carbocycles. The Morgan fingerprint density at radius 3 is 2.52 bits per heavy atom. The van der Waals surface area contributed by atoms with Gasteiger partial charge in [0.2, 0.25) is 0 Å². The number of nitrogens with two attached hydrogens (primary N) is 1. The van der Waals surface area contributed by atoms with Crippen molar-refractivity contribution in [1.82, 2.24) is 0 Å². The van der Waals surface area contributed by atoms with Crippen molar-refractivity contribution in [1.29, 1.82) is 0 Å². The molecule has 0 spiro atoms. The molecule has 0 saturated carbocycles. The Labute approximate surface area is 175 Å². The first-order valence-corrected chi connectivity index (χ1v) is 11.0. The van der Waals surface area contributed by atoms with E-state index in [0.29, 0.717) is 19.8 Å². The molecule has 0 radical (unpaired) electrons. The second-order valence-electron chi connectivity index (χ2n) is 8.85. The molecule has 1 heterocycles. The summed E-state index contributed by atoms with van der Waals surface area (Å²) < 4.78 is 25.7. The molecule has 2 unspecified atom stereocenters. The number of aliphatic hydroxyl groups excluding tert-OH is 1. The number of rotatable bonds is 13. The summed E-state index contributed by atoms with van der Waals surface area (Å²) in [7, 11) is 0. The third kappa shape index (κ3) is 6.56. The zero-order chi connectivity index (χ0) is 21.4. The van der Waals surface area contributed by atoms with Crippen molar-refractivity contribution in [3.8, 4) is 0 Å². The van der Waals surface area contributed by atoms with Gasteiger partial charge in [-0.25, -0.2) is 4.39 Å². The summed E-state index contributed by atoms with van der Waals surface area (Å²) in [6, 6.07) is 3.32. The van der Waals surface area contributed by atoms with Crippen LogP contribution >= 0.6 is 0 Å². The summed E-state index contributed by atoms with van der Waals surface area (Å²) in [6.45, 7) is 11.3. The van der Waals surface area contributed by atoms with E-state index in [0.717, 1.165) is 50.0 Å². The quantitative estimate of drug-likeness (QED) is 0.378. The second kappa shape index (κ2) is 11.1. The van der Waals surface area contributed by atoms with Crippen LogP contribution in [0.2, 0.25) is 0 Å². The lowest BCUT2D eigenvalue weighted by Crippen LogP contribution is -2.49. The van der Waals surface area contributed by atoms with Crippen molar-refractivity contribution in [2.24, 2.45) is 5.41 Å². The first-order valence-electron chi connectivity index (χ1n) is 11.0. The van der Waals surface area contributed by atoms with Gasteiger partial charge in [0, 0.05) is 36.9 Å². The number of β-amino-alcohol motifs (C(OH)–C–C–N with tert-alkyl or cyclic N) is 1. The Kier molecular flexibility index (Phi) is 9.18. The molecule has 5 nitrogen and oxygen atoms in total. The molecule has 0 bridgehead atoms. The van der Waals surface area contributed by atoms with Crippen LogP contribution < -0.4 is 10.6 Å². The van der Waals surface area contributed by atoms with Gasteiger partial charge in [-0.05, 0) is 37.0 Å². The first-order chi connectivity index (χ1) is 13.8. The Morgan fingerprint density at radius 1 is 1.21 bits per heavy atom. The Balaban J connectivity index is 2.13. The number of hydrogen-bond donors (Lipinski definition) is 2. The third-order valence-corrected chi connectivity index (χ3v) is 5.68. The summed E-state index contributed by atoms with van der Waals surface area (Å²) in [6.07, 6.45) is 4.30. The number of aliphatic hydroxyl groups is 1. The maximum atomic E-state index is 14.2. The lowest BCUT2D eigenvalue weighted by molar-refractivity contribution is 0.0287. The van der Waals surface area contributed by atoms with Crippen LogP contribution in [0.15, 0.2) is 12.1 Å². The number of nitrogens with zero attached hydrogens (tertiary/aromatic N) is 1. The number of unbranched alkanes of at least 4 members (excludes halogenated alkanes) is 2. The van der Waals surface area contributed by atoms with Gasteiger partial charge in [0.1, 0.15) is 5.82 Å². The van der Waals surface area contributed by atoms with Gasteiger partial charge < -0.3 is 25.2 Å². The van der Waals surface area contributed by atoms with Crippen molar-refractivity contribution in [2.45, 2.75) is 71.9 Å². The fourth-order valence-corrected chi connectivity index (χ4v) is 3.89. The molecule has 29 heavy (non-hydrogen) atoms. The highest BCUT2D eigenvalue weighted by molar-refractivity contribution is 5.65. The van der Waals surface area contributed by atoms with E-state index in [1.807, 2.05) is 0 Å². The molecule has 166 valence electrons. The molecule has 1 aliphatic heterocycles. The van der Waals surface area contributed by atoms with Gasteiger partial charge in [0.15, 0.2) is 0 Å². The van der Waals surface area contributed by atoms with E-state index in [-0.39, 0.29) is 23.8 Å². The van der Waals surface area contributed by atoms with Crippen molar-refractivity contribution < 1.29 is 19.0 Å². The Bertz CT molecular complexity index is 639. The minimum atomic E-state index is -0.641. The minimum Gasteiger partial charge on any atom is -0.396 e. The van der Waals surface area contributed by atoms with Crippen molar-refractivity contribution >= 4 is 11.4 Å². The highest BCUT2D eigenvalue weighted by Gasteiger charge is 2.41. The maximum Gasteiger partial charge on any atom is 0.148 e. The number of ether oxygens (including phenoxy) is 2. The highest BCUT2D eigenvalue weighted by atomic mass is 19.1. The van der Waals surface area contributed by atoms with Crippen LogP contribution in [0, 0.1) is 11.2 Å². The largest absolute Gasteiger partial charge is 0.396 e. The third-order valence-electron chi connectivity index (χ3n) is 5.68. The number of nitrogen functional groups attached to an aromatic ring is 1. The predicted molar refractivity (Wildman–Crippen MR) is 117 cm³/mol. The summed E-state index contributed by atoms with van der Waals surface area (Å²) >= 11 is 0. The summed E-state index contributed by atoms with van der Waals surface area (Å²) in [5.41, 5.74) is 7.66. The molecule has 1 aliphatic rings. The van der Waals surface area contributed by atoms with Crippen molar-refractivity contribution in [3.05, 3.63) is 23.5 Å². The fraction of sp³-hybridized carbons (Fsp3) is 0.739. The molecular weight excluding hydrogens is 371 g/mol. The van der Waals surface area contributed by atoms with Gasteiger partial charge >= 0.3 is 0 Å². The molecule has 0 fully saturated rings. The molecular formula is C23H39FN2O3. The summed E-state index contributed by atoms with van der Waals surface area (Å²) in [5, 5.41) is 10.6.